The van der Waals surface area contributed by atoms with E-state index in [1.54, 1.807) is 6.92 Å². The van der Waals surface area contributed by atoms with E-state index < -0.39 is 4.92 Å². The van der Waals surface area contributed by atoms with Crippen LogP contribution in [0.1, 0.15) is 30.1 Å². The molecule has 0 spiro atoms. The molecule has 1 fully saturated rings. The molecule has 0 atom stereocenters. The van der Waals surface area contributed by atoms with Gasteiger partial charge in [-0.15, -0.1) is 0 Å². The van der Waals surface area contributed by atoms with Crippen LogP contribution in [0.2, 0.25) is 0 Å². The molecule has 6 nitrogen and oxygen atoms in total. The van der Waals surface area contributed by atoms with Crippen LogP contribution in [-0.4, -0.2) is 34.6 Å². The number of nitro benzene ring substituents is 1. The normalized spacial score (nSPS) is 16.0. The third kappa shape index (κ3) is 4.00. The second-order valence-corrected chi connectivity index (χ2v) is 5.37. The van der Waals surface area contributed by atoms with Gasteiger partial charge in [0.25, 0.3) is 5.69 Å². The van der Waals surface area contributed by atoms with E-state index in [9.17, 15) is 19.7 Å². The molecular formula is C16H18N2O4. The Morgan fingerprint density at radius 1 is 1.23 bits per heavy atom. The molecule has 116 valence electrons. The smallest absolute Gasteiger partial charge is 0.269 e. The lowest BCUT2D eigenvalue weighted by molar-refractivity contribution is -0.384. The van der Waals surface area contributed by atoms with E-state index in [0.29, 0.717) is 5.56 Å². The summed E-state index contributed by atoms with van der Waals surface area (Å²) in [6, 6.07) is 5.57. The Balaban J connectivity index is 1.91. The molecule has 1 aromatic carbocycles. The zero-order valence-electron chi connectivity index (χ0n) is 12.4. The first-order chi connectivity index (χ1) is 10.5. The number of carbonyl (C=O) groups is 2. The number of likely N-dealkylation sites (tertiary alicyclic amines) is 1. The zero-order chi connectivity index (χ0) is 16.1. The number of nitro groups is 1. The topological polar surface area (TPSA) is 80.5 Å². The Kier molecular flexibility index (Phi) is 5.04. The zero-order valence-corrected chi connectivity index (χ0v) is 12.4. The fourth-order valence-corrected chi connectivity index (χ4v) is 2.47. The molecule has 1 amide bonds. The summed E-state index contributed by atoms with van der Waals surface area (Å²) in [6.45, 7) is 3.00. The van der Waals surface area contributed by atoms with Crippen molar-refractivity contribution in [1.82, 2.24) is 4.90 Å². The molecule has 22 heavy (non-hydrogen) atoms. The number of rotatable bonds is 4. The second kappa shape index (κ2) is 6.98. The Bertz CT molecular complexity index is 599. The van der Waals surface area contributed by atoms with E-state index in [-0.39, 0.29) is 23.3 Å². The number of hydrogen-bond donors (Lipinski definition) is 0. The van der Waals surface area contributed by atoms with Crippen molar-refractivity contribution in [2.45, 2.75) is 19.8 Å². The van der Waals surface area contributed by atoms with Crippen LogP contribution in [0.25, 0.3) is 0 Å². The van der Waals surface area contributed by atoms with Crippen LogP contribution in [0, 0.1) is 16.0 Å². The minimum Gasteiger partial charge on any atom is -0.343 e. The maximum Gasteiger partial charge on any atom is 0.269 e. The predicted molar refractivity (Wildman–Crippen MR) is 81.5 cm³/mol. The summed E-state index contributed by atoms with van der Waals surface area (Å²) in [5, 5.41) is 10.6. The summed E-state index contributed by atoms with van der Waals surface area (Å²) in [5.74, 6) is 0.214. The van der Waals surface area contributed by atoms with Crippen LogP contribution in [0.15, 0.2) is 36.4 Å². The summed E-state index contributed by atoms with van der Waals surface area (Å²) in [4.78, 5) is 35.1. The Hall–Kier alpha value is -2.50. The van der Waals surface area contributed by atoms with Crippen LogP contribution < -0.4 is 0 Å². The largest absolute Gasteiger partial charge is 0.343 e. The van der Waals surface area contributed by atoms with E-state index in [2.05, 4.69) is 0 Å². The quantitative estimate of drug-likeness (QED) is 0.370. The molecule has 1 aromatic rings. The van der Waals surface area contributed by atoms with E-state index in [0.717, 1.165) is 25.9 Å². The molecule has 0 aromatic heterocycles. The highest BCUT2D eigenvalue weighted by atomic mass is 16.6. The first kappa shape index (κ1) is 15.9. The highest BCUT2D eigenvalue weighted by Gasteiger charge is 2.19. The average molecular weight is 302 g/mol. The van der Waals surface area contributed by atoms with Crippen molar-refractivity contribution in [3.63, 3.8) is 0 Å². The van der Waals surface area contributed by atoms with Crippen molar-refractivity contribution in [3.05, 3.63) is 52.1 Å². The van der Waals surface area contributed by atoms with Gasteiger partial charge in [-0.1, -0.05) is 6.08 Å². The maximum atomic E-state index is 12.0. The highest BCUT2D eigenvalue weighted by molar-refractivity contribution is 6.04. The van der Waals surface area contributed by atoms with Crippen molar-refractivity contribution < 1.29 is 14.5 Å². The van der Waals surface area contributed by atoms with Crippen molar-refractivity contribution in [2.24, 2.45) is 5.92 Å². The van der Waals surface area contributed by atoms with Crippen LogP contribution in [-0.2, 0) is 4.79 Å². The van der Waals surface area contributed by atoms with Gasteiger partial charge in [0.15, 0.2) is 5.78 Å². The molecule has 1 aliphatic rings. The number of non-ortho nitro benzene ring substituents is 1. The molecule has 0 unspecified atom stereocenters. The minimum absolute atomic E-state index is 0.0304. The van der Waals surface area contributed by atoms with Gasteiger partial charge in [-0.05, 0) is 37.0 Å². The van der Waals surface area contributed by atoms with Gasteiger partial charge in [0.2, 0.25) is 5.91 Å². The molecule has 6 heteroatoms. The van der Waals surface area contributed by atoms with Crippen LogP contribution in [0.5, 0.6) is 0 Å². The number of allylic oxidation sites excluding steroid dienone is 2. The summed E-state index contributed by atoms with van der Waals surface area (Å²) >= 11 is 0. The lowest BCUT2D eigenvalue weighted by Gasteiger charge is -2.29. The fraction of sp³-hybridized carbons (Fsp3) is 0.375. The number of benzene rings is 1. The molecule has 0 bridgehead atoms. The van der Waals surface area contributed by atoms with Gasteiger partial charge in [-0.25, -0.2) is 0 Å². The van der Waals surface area contributed by atoms with Crippen molar-refractivity contribution in [1.29, 1.82) is 0 Å². The third-order valence-corrected chi connectivity index (χ3v) is 3.87. The molecule has 0 aliphatic carbocycles. The van der Waals surface area contributed by atoms with Crippen LogP contribution in [0.4, 0.5) is 5.69 Å². The standard InChI is InChI=1S/C16H18N2O4/c1-12(19)17-10-8-13(9-11-17)2-7-16(20)14-3-5-15(6-4-14)18(21)22/h2-7,13H,8-11H2,1H3/b7-2+. The summed E-state index contributed by atoms with van der Waals surface area (Å²) in [7, 11) is 0. The number of amides is 1. The third-order valence-electron chi connectivity index (χ3n) is 3.87. The number of hydrogen-bond acceptors (Lipinski definition) is 4. The van der Waals surface area contributed by atoms with E-state index >= 15 is 0 Å². The average Bonchev–Trinajstić information content (AvgIpc) is 2.53. The molecule has 0 radical (unpaired) electrons. The Morgan fingerprint density at radius 2 is 1.82 bits per heavy atom. The molecule has 2 rings (SSSR count). The molecule has 0 N–H and O–H groups in total. The number of carbonyl (C=O) groups excluding carboxylic acids is 2. The molecule has 1 saturated heterocycles. The van der Waals surface area contributed by atoms with Gasteiger partial charge in [0.1, 0.15) is 0 Å². The van der Waals surface area contributed by atoms with Gasteiger partial charge in [-0.2, -0.15) is 0 Å². The first-order valence-electron chi connectivity index (χ1n) is 7.20. The van der Waals surface area contributed by atoms with Crippen LogP contribution in [0.3, 0.4) is 0 Å². The maximum absolute atomic E-state index is 12.0. The molecule has 1 heterocycles. The van der Waals surface area contributed by atoms with Gasteiger partial charge >= 0.3 is 0 Å². The Morgan fingerprint density at radius 3 is 2.32 bits per heavy atom. The van der Waals surface area contributed by atoms with Crippen molar-refractivity contribution in [3.8, 4) is 0 Å². The lowest BCUT2D eigenvalue weighted by Crippen LogP contribution is -2.36. The molecule has 1 aliphatic heterocycles. The van der Waals surface area contributed by atoms with Gasteiger partial charge < -0.3 is 4.90 Å². The van der Waals surface area contributed by atoms with Gasteiger partial charge in [0, 0.05) is 37.7 Å². The lowest BCUT2D eigenvalue weighted by atomic mass is 9.95. The van der Waals surface area contributed by atoms with Crippen molar-refractivity contribution in [2.75, 3.05) is 13.1 Å². The molecule has 0 saturated carbocycles. The number of ketones is 1. The number of piperidine rings is 1. The Labute approximate surface area is 128 Å². The van der Waals surface area contributed by atoms with E-state index in [1.807, 2.05) is 11.0 Å². The minimum atomic E-state index is -0.493. The van der Waals surface area contributed by atoms with Gasteiger partial charge in [-0.3, -0.25) is 19.7 Å². The summed E-state index contributed by atoms with van der Waals surface area (Å²) < 4.78 is 0. The predicted octanol–water partition coefficient (Wildman–Crippen LogP) is 2.59. The summed E-state index contributed by atoms with van der Waals surface area (Å²) in [5.41, 5.74) is 0.403. The second-order valence-electron chi connectivity index (χ2n) is 5.37. The SMILES string of the molecule is CC(=O)N1CCC(/C=C/C(=O)c2ccc([N+](=O)[O-])cc2)CC1. The van der Waals surface area contributed by atoms with Crippen LogP contribution >= 0.6 is 0 Å². The highest BCUT2D eigenvalue weighted by Crippen LogP contribution is 2.19. The van der Waals surface area contributed by atoms with Gasteiger partial charge in [0.05, 0.1) is 4.92 Å². The number of nitrogens with zero attached hydrogens (tertiary/aromatic N) is 2. The van der Waals surface area contributed by atoms with E-state index in [1.165, 1.54) is 30.3 Å². The summed E-state index contributed by atoms with van der Waals surface area (Å²) in [6.07, 6.45) is 5.10. The fourth-order valence-electron chi connectivity index (χ4n) is 2.47. The monoisotopic (exact) mass is 302 g/mol. The van der Waals surface area contributed by atoms with Crippen molar-refractivity contribution >= 4 is 17.4 Å². The first-order valence-corrected chi connectivity index (χ1v) is 7.20. The van der Waals surface area contributed by atoms with E-state index in [4.69, 9.17) is 0 Å². The molecular weight excluding hydrogens is 284 g/mol.